The number of nitrogens with zero attached hydrogens (tertiary/aromatic N) is 1. The number of aliphatic imine (C=N–C) groups is 1. The van der Waals surface area contributed by atoms with E-state index in [1.807, 2.05) is 18.4 Å². The monoisotopic (exact) mass is 531 g/mol. The van der Waals surface area contributed by atoms with E-state index in [4.69, 9.17) is 0 Å². The van der Waals surface area contributed by atoms with E-state index < -0.39 is 0 Å². The summed E-state index contributed by atoms with van der Waals surface area (Å²) < 4.78 is 0. The molecule has 0 saturated heterocycles. The Morgan fingerprint density at radius 3 is 2.33 bits per heavy atom. The summed E-state index contributed by atoms with van der Waals surface area (Å²) in [6.45, 7) is 10.4. The van der Waals surface area contributed by atoms with Crippen molar-refractivity contribution in [3.05, 3.63) is 124 Å². The van der Waals surface area contributed by atoms with Crippen molar-refractivity contribution < 1.29 is 9.59 Å². The summed E-state index contributed by atoms with van der Waals surface area (Å²) in [6.07, 6.45) is 14.3. The number of rotatable bonds is 9. The van der Waals surface area contributed by atoms with Gasteiger partial charge in [-0.3, -0.25) is 14.6 Å². The Morgan fingerprint density at radius 2 is 1.65 bits per heavy atom. The Labute approximate surface area is 240 Å². The molecule has 40 heavy (non-hydrogen) atoms. The molecule has 0 aliphatic heterocycles. The quantitative estimate of drug-likeness (QED) is 0.159. The molecule has 1 unspecified atom stereocenters. The summed E-state index contributed by atoms with van der Waals surface area (Å²) in [5.41, 5.74) is 10.3. The third-order valence-electron chi connectivity index (χ3n) is 7.37. The molecule has 3 aromatic carbocycles. The first-order valence-corrected chi connectivity index (χ1v) is 14.2. The molecule has 0 radical (unpaired) electrons. The summed E-state index contributed by atoms with van der Waals surface area (Å²) in [4.78, 5) is 27.4. The molecule has 206 valence electrons. The molecular formula is C37H41NO2. The zero-order valence-electron chi connectivity index (χ0n) is 24.3. The summed E-state index contributed by atoms with van der Waals surface area (Å²) in [7, 11) is 1.78. The zero-order valence-corrected chi connectivity index (χ0v) is 24.3. The van der Waals surface area contributed by atoms with Gasteiger partial charge in [0.05, 0.1) is 5.57 Å². The SMILES string of the molecule is C=Cc1cc(-c2cccc(CC)c2)ccc1C=NC.CCc1ccc(CC2CC=CC=C(C=O)C2=O)cc1CC. The lowest BCUT2D eigenvalue weighted by atomic mass is 9.88. The maximum absolute atomic E-state index is 12.3. The number of carbonyl (C=O) groups excluding carboxylic acids is 2. The number of hydrogen-bond donors (Lipinski definition) is 0. The second-order valence-corrected chi connectivity index (χ2v) is 9.97. The van der Waals surface area contributed by atoms with E-state index >= 15 is 0 Å². The molecule has 0 N–H and O–H groups in total. The van der Waals surface area contributed by atoms with Gasteiger partial charge in [-0.15, -0.1) is 0 Å². The van der Waals surface area contributed by atoms with Gasteiger partial charge < -0.3 is 0 Å². The molecule has 3 aromatic rings. The van der Waals surface area contributed by atoms with Crippen LogP contribution in [0.4, 0.5) is 0 Å². The molecule has 4 rings (SSSR count). The van der Waals surface area contributed by atoms with Gasteiger partial charge in [0, 0.05) is 19.2 Å². The van der Waals surface area contributed by atoms with Crippen molar-refractivity contribution in [3.63, 3.8) is 0 Å². The van der Waals surface area contributed by atoms with Crippen LogP contribution < -0.4 is 0 Å². The summed E-state index contributed by atoms with van der Waals surface area (Å²) in [5, 5.41) is 0. The smallest absolute Gasteiger partial charge is 0.169 e. The van der Waals surface area contributed by atoms with Gasteiger partial charge in [0.25, 0.3) is 0 Å². The van der Waals surface area contributed by atoms with Gasteiger partial charge in [0.2, 0.25) is 0 Å². The summed E-state index contributed by atoms with van der Waals surface area (Å²) in [6, 6.07) is 21.6. The van der Waals surface area contributed by atoms with Crippen LogP contribution in [0.1, 0.15) is 60.6 Å². The molecule has 0 fully saturated rings. The van der Waals surface area contributed by atoms with Crippen molar-refractivity contribution in [2.45, 2.75) is 52.9 Å². The van der Waals surface area contributed by atoms with Gasteiger partial charge in [-0.1, -0.05) is 100 Å². The molecule has 1 atom stereocenters. The Hall–Kier alpha value is -4.11. The third kappa shape index (κ3) is 7.95. The van der Waals surface area contributed by atoms with Gasteiger partial charge in [-0.2, -0.15) is 0 Å². The fraction of sp³-hybridized carbons (Fsp3) is 0.270. The number of aldehydes is 1. The van der Waals surface area contributed by atoms with Crippen LogP contribution in [0.25, 0.3) is 17.2 Å². The van der Waals surface area contributed by atoms with Gasteiger partial charge in [0.1, 0.15) is 0 Å². The van der Waals surface area contributed by atoms with Crippen molar-refractivity contribution in [2.24, 2.45) is 10.9 Å². The van der Waals surface area contributed by atoms with E-state index in [0.717, 1.165) is 30.4 Å². The first-order valence-electron chi connectivity index (χ1n) is 14.2. The summed E-state index contributed by atoms with van der Waals surface area (Å²) >= 11 is 0. The van der Waals surface area contributed by atoms with Crippen molar-refractivity contribution in [1.82, 2.24) is 0 Å². The first kappa shape index (κ1) is 30.4. The van der Waals surface area contributed by atoms with Crippen LogP contribution in [-0.2, 0) is 35.3 Å². The van der Waals surface area contributed by atoms with E-state index in [-0.39, 0.29) is 17.3 Å². The lowest BCUT2D eigenvalue weighted by Crippen LogP contribution is -2.18. The standard InChI is InChI=1S/C19H22O2.C18H19N/c1-3-15-10-9-14(11-16(15)4-2)12-17-7-5-6-8-18(13-20)19(17)21;1-4-14-7-6-8-16(11-14)17-9-10-18(13-19-3)15(5-2)12-17/h5-6,8-11,13,17H,3-4,7,12H2,1-2H3;5-13H,2,4H2,1,3H3. The molecule has 0 amide bonds. The molecular weight excluding hydrogens is 490 g/mol. The molecule has 0 aromatic heterocycles. The number of carbonyl (C=O) groups is 2. The highest BCUT2D eigenvalue weighted by Gasteiger charge is 2.22. The predicted molar refractivity (Wildman–Crippen MR) is 170 cm³/mol. The minimum atomic E-state index is -0.127. The van der Waals surface area contributed by atoms with E-state index in [1.165, 1.54) is 33.4 Å². The highest BCUT2D eigenvalue weighted by atomic mass is 16.1. The maximum Gasteiger partial charge on any atom is 0.169 e. The normalized spacial score (nSPS) is 14.8. The highest BCUT2D eigenvalue weighted by molar-refractivity contribution is 6.13. The molecule has 1 aliphatic carbocycles. The largest absolute Gasteiger partial charge is 0.298 e. The maximum atomic E-state index is 12.3. The Morgan fingerprint density at radius 1 is 0.875 bits per heavy atom. The van der Waals surface area contributed by atoms with Crippen LogP contribution in [0.15, 0.2) is 96.0 Å². The second kappa shape index (κ2) is 15.5. The van der Waals surface area contributed by atoms with Crippen molar-refractivity contribution >= 4 is 24.4 Å². The molecule has 0 heterocycles. The molecule has 0 bridgehead atoms. The number of aryl methyl sites for hydroxylation is 3. The van der Waals surface area contributed by atoms with Crippen LogP contribution >= 0.6 is 0 Å². The molecule has 3 nitrogen and oxygen atoms in total. The van der Waals surface area contributed by atoms with Gasteiger partial charge in [-0.05, 0) is 88.8 Å². The van der Waals surface area contributed by atoms with E-state index in [1.54, 1.807) is 19.2 Å². The molecule has 0 saturated carbocycles. The van der Waals surface area contributed by atoms with E-state index in [2.05, 4.69) is 93.0 Å². The molecule has 0 spiro atoms. The summed E-state index contributed by atoms with van der Waals surface area (Å²) in [5.74, 6) is -0.162. The van der Waals surface area contributed by atoms with Gasteiger partial charge in [-0.25, -0.2) is 0 Å². The van der Waals surface area contributed by atoms with Crippen molar-refractivity contribution in [3.8, 4) is 11.1 Å². The van der Waals surface area contributed by atoms with Crippen molar-refractivity contribution in [1.29, 1.82) is 0 Å². The zero-order chi connectivity index (χ0) is 28.9. The fourth-order valence-electron chi connectivity index (χ4n) is 5.04. The van der Waals surface area contributed by atoms with Gasteiger partial charge in [0.15, 0.2) is 12.1 Å². The lowest BCUT2D eigenvalue weighted by molar-refractivity contribution is -0.120. The van der Waals surface area contributed by atoms with Gasteiger partial charge >= 0.3 is 0 Å². The second-order valence-electron chi connectivity index (χ2n) is 9.97. The van der Waals surface area contributed by atoms with Crippen molar-refractivity contribution in [2.75, 3.05) is 7.05 Å². The molecule has 1 aliphatic rings. The Kier molecular flexibility index (Phi) is 11.8. The third-order valence-corrected chi connectivity index (χ3v) is 7.37. The Balaban J connectivity index is 0.000000222. The average Bonchev–Trinajstić information content (AvgIpc) is 3.18. The highest BCUT2D eigenvalue weighted by Crippen LogP contribution is 2.25. The minimum Gasteiger partial charge on any atom is -0.298 e. The number of ketones is 1. The molecule has 3 heteroatoms. The first-order chi connectivity index (χ1) is 19.5. The minimum absolute atomic E-state index is 0.0346. The van der Waals surface area contributed by atoms with Crippen LogP contribution in [-0.4, -0.2) is 25.3 Å². The lowest BCUT2D eigenvalue weighted by Gasteiger charge is -2.15. The fourth-order valence-corrected chi connectivity index (χ4v) is 5.04. The van der Waals surface area contributed by atoms with Crippen LogP contribution in [0.5, 0.6) is 0 Å². The number of Topliss-reactive ketones (excluding diaryl/α,β-unsaturated/α-hetero) is 1. The number of hydrogen-bond acceptors (Lipinski definition) is 3. The predicted octanol–water partition coefficient (Wildman–Crippen LogP) is 8.23. The Bertz CT molecular complexity index is 1420. The topological polar surface area (TPSA) is 46.5 Å². The van der Waals surface area contributed by atoms with Crippen LogP contribution in [0, 0.1) is 5.92 Å². The van der Waals surface area contributed by atoms with E-state index in [0.29, 0.717) is 19.1 Å². The van der Waals surface area contributed by atoms with Crippen LogP contribution in [0.3, 0.4) is 0 Å². The number of benzene rings is 3. The van der Waals surface area contributed by atoms with E-state index in [9.17, 15) is 9.59 Å². The van der Waals surface area contributed by atoms with Crippen LogP contribution in [0.2, 0.25) is 0 Å². The average molecular weight is 532 g/mol. The number of allylic oxidation sites excluding steroid dienone is 4.